The zero-order valence-corrected chi connectivity index (χ0v) is 15.2. The van der Waals surface area contributed by atoms with E-state index in [1.54, 1.807) is 36.7 Å². The highest BCUT2D eigenvalue weighted by molar-refractivity contribution is 6.16. The number of nitrogens with zero attached hydrogens (tertiary/aromatic N) is 2. The summed E-state index contributed by atoms with van der Waals surface area (Å²) in [7, 11) is 1.52. The molecule has 1 N–H and O–H groups in total. The number of ether oxygens (including phenoxy) is 1. The average Bonchev–Trinajstić information content (AvgIpc) is 3.26. The molecule has 142 valence electrons. The van der Waals surface area contributed by atoms with E-state index in [4.69, 9.17) is 9.15 Å². The molecule has 0 saturated carbocycles. The van der Waals surface area contributed by atoms with Crippen molar-refractivity contribution in [1.82, 2.24) is 9.88 Å². The van der Waals surface area contributed by atoms with Gasteiger partial charge in [-0.25, -0.2) is 0 Å². The number of amides is 1. The van der Waals surface area contributed by atoms with E-state index in [0.29, 0.717) is 11.1 Å². The molecule has 7 heteroatoms. The Kier molecular flexibility index (Phi) is 4.67. The Labute approximate surface area is 160 Å². The molecule has 3 heterocycles. The molecule has 4 rings (SSSR count). The van der Waals surface area contributed by atoms with Gasteiger partial charge in [0.1, 0.15) is 5.58 Å². The number of rotatable bonds is 6. The van der Waals surface area contributed by atoms with Crippen LogP contribution in [0.4, 0.5) is 0 Å². The standard InChI is InChI=1S/C21H18N2O5/c1-27-11-10-23-18(13-6-8-22-9-7-13)17(20(25)21(23)26)19(24)16-12-14-4-2-3-5-15(14)28-16/h2-9,12,18,25H,10-11H2,1H3. The third-order valence-corrected chi connectivity index (χ3v) is 4.76. The summed E-state index contributed by atoms with van der Waals surface area (Å²) < 4.78 is 10.7. The van der Waals surface area contributed by atoms with Crippen molar-refractivity contribution in [2.45, 2.75) is 6.04 Å². The zero-order valence-electron chi connectivity index (χ0n) is 15.2. The van der Waals surface area contributed by atoms with Gasteiger partial charge in [-0.1, -0.05) is 18.2 Å². The quantitative estimate of drug-likeness (QED) is 0.663. The number of aliphatic hydroxyl groups excluding tert-OH is 1. The fourth-order valence-corrected chi connectivity index (χ4v) is 3.42. The molecule has 1 aliphatic heterocycles. The minimum Gasteiger partial charge on any atom is -0.503 e. The van der Waals surface area contributed by atoms with Gasteiger partial charge in [0.05, 0.1) is 18.2 Å². The molecule has 7 nitrogen and oxygen atoms in total. The minimum absolute atomic E-state index is 0.00800. The maximum Gasteiger partial charge on any atom is 0.290 e. The molecule has 0 aliphatic carbocycles. The Morgan fingerprint density at radius 3 is 2.71 bits per heavy atom. The van der Waals surface area contributed by atoms with E-state index in [-0.39, 0.29) is 24.5 Å². The van der Waals surface area contributed by atoms with Gasteiger partial charge in [0.25, 0.3) is 5.91 Å². The van der Waals surface area contributed by atoms with Crippen LogP contribution in [0.25, 0.3) is 11.0 Å². The fraction of sp³-hybridized carbons (Fsp3) is 0.190. The van der Waals surface area contributed by atoms with Crippen LogP contribution in [-0.4, -0.2) is 46.9 Å². The van der Waals surface area contributed by atoms with Gasteiger partial charge in [0.15, 0.2) is 11.5 Å². The predicted molar refractivity (Wildman–Crippen MR) is 101 cm³/mol. The molecular weight excluding hydrogens is 360 g/mol. The van der Waals surface area contributed by atoms with Crippen LogP contribution in [0.1, 0.15) is 22.2 Å². The van der Waals surface area contributed by atoms with E-state index in [2.05, 4.69) is 4.98 Å². The fourth-order valence-electron chi connectivity index (χ4n) is 3.42. The highest BCUT2D eigenvalue weighted by Gasteiger charge is 2.44. The lowest BCUT2D eigenvalue weighted by Crippen LogP contribution is -2.34. The summed E-state index contributed by atoms with van der Waals surface area (Å²) in [5.41, 5.74) is 1.22. The minimum atomic E-state index is -0.744. The topological polar surface area (TPSA) is 92.9 Å². The van der Waals surface area contributed by atoms with Crippen LogP contribution in [0.2, 0.25) is 0 Å². The number of aliphatic hydroxyl groups is 1. The molecule has 0 fully saturated rings. The molecule has 1 unspecified atom stereocenters. The number of pyridine rings is 1. The summed E-state index contributed by atoms with van der Waals surface area (Å²) in [5.74, 6) is -1.63. The second-order valence-electron chi connectivity index (χ2n) is 6.41. The van der Waals surface area contributed by atoms with Crippen LogP contribution in [0.15, 0.2) is 70.6 Å². The molecule has 1 atom stereocenters. The Morgan fingerprint density at radius 2 is 2.00 bits per heavy atom. The highest BCUT2D eigenvalue weighted by atomic mass is 16.5. The smallest absolute Gasteiger partial charge is 0.290 e. The highest BCUT2D eigenvalue weighted by Crippen LogP contribution is 2.39. The summed E-state index contributed by atoms with van der Waals surface area (Å²) in [6, 6.07) is 11.5. The monoisotopic (exact) mass is 378 g/mol. The molecule has 0 radical (unpaired) electrons. The maximum absolute atomic E-state index is 13.2. The number of fused-ring (bicyclic) bond motifs is 1. The zero-order chi connectivity index (χ0) is 19.7. The Bertz CT molecular complexity index is 1040. The molecule has 0 saturated heterocycles. The van der Waals surface area contributed by atoms with Crippen molar-refractivity contribution in [3.63, 3.8) is 0 Å². The largest absolute Gasteiger partial charge is 0.503 e. The van der Waals surface area contributed by atoms with E-state index >= 15 is 0 Å². The molecule has 28 heavy (non-hydrogen) atoms. The number of furan rings is 1. The Morgan fingerprint density at radius 1 is 1.25 bits per heavy atom. The molecule has 3 aromatic rings. The van der Waals surface area contributed by atoms with Gasteiger partial charge in [0.2, 0.25) is 5.78 Å². The summed E-state index contributed by atoms with van der Waals surface area (Å²) in [6.07, 6.45) is 3.15. The molecule has 1 aliphatic rings. The van der Waals surface area contributed by atoms with Gasteiger partial charge in [-0.2, -0.15) is 0 Å². The first-order chi connectivity index (χ1) is 13.6. The van der Waals surface area contributed by atoms with Gasteiger partial charge in [-0.05, 0) is 29.8 Å². The van der Waals surface area contributed by atoms with Crippen LogP contribution in [0, 0.1) is 0 Å². The second-order valence-corrected chi connectivity index (χ2v) is 6.41. The number of carbonyl (C=O) groups is 2. The predicted octanol–water partition coefficient (Wildman–Crippen LogP) is 3.05. The first-order valence-electron chi connectivity index (χ1n) is 8.78. The summed E-state index contributed by atoms with van der Waals surface area (Å²) in [6.45, 7) is 0.496. The molecule has 2 aromatic heterocycles. The molecule has 1 amide bonds. The van der Waals surface area contributed by atoms with E-state index in [0.717, 1.165) is 5.39 Å². The lowest BCUT2D eigenvalue weighted by atomic mass is 9.96. The van der Waals surface area contributed by atoms with Gasteiger partial charge in [0, 0.05) is 31.4 Å². The number of ketones is 1. The number of carbonyl (C=O) groups excluding carboxylic acids is 2. The van der Waals surface area contributed by atoms with Crippen LogP contribution in [-0.2, 0) is 9.53 Å². The third-order valence-electron chi connectivity index (χ3n) is 4.76. The first kappa shape index (κ1) is 17.9. The molecule has 0 bridgehead atoms. The van der Waals surface area contributed by atoms with E-state index in [9.17, 15) is 14.7 Å². The first-order valence-corrected chi connectivity index (χ1v) is 8.78. The van der Waals surface area contributed by atoms with Crippen LogP contribution >= 0.6 is 0 Å². The van der Waals surface area contributed by atoms with Crippen LogP contribution in [0.5, 0.6) is 0 Å². The normalized spacial score (nSPS) is 17.0. The van der Waals surface area contributed by atoms with Gasteiger partial charge in [-0.3, -0.25) is 14.6 Å². The third kappa shape index (κ3) is 2.95. The number of aromatic nitrogens is 1. The van der Waals surface area contributed by atoms with Crippen molar-refractivity contribution >= 4 is 22.7 Å². The van der Waals surface area contributed by atoms with Crippen molar-refractivity contribution < 1.29 is 23.8 Å². The lowest BCUT2D eigenvalue weighted by molar-refractivity contribution is -0.130. The van der Waals surface area contributed by atoms with E-state index in [1.807, 2.05) is 18.2 Å². The number of hydrogen-bond acceptors (Lipinski definition) is 6. The SMILES string of the molecule is COCCN1C(=O)C(O)=C(C(=O)c2cc3ccccc3o2)C1c1ccncc1. The lowest BCUT2D eigenvalue weighted by Gasteiger charge is -2.26. The van der Waals surface area contributed by atoms with Crippen molar-refractivity contribution in [3.05, 3.63) is 77.5 Å². The number of para-hydroxylation sites is 1. The number of methoxy groups -OCH3 is 1. The van der Waals surface area contributed by atoms with Crippen LogP contribution < -0.4 is 0 Å². The molecule has 0 spiro atoms. The number of Topliss-reactive ketones (excluding diaryl/α,β-unsaturated/α-hetero) is 1. The van der Waals surface area contributed by atoms with Gasteiger partial charge < -0.3 is 19.2 Å². The number of hydrogen-bond donors (Lipinski definition) is 1. The van der Waals surface area contributed by atoms with Crippen molar-refractivity contribution in [1.29, 1.82) is 0 Å². The van der Waals surface area contributed by atoms with Crippen molar-refractivity contribution in [3.8, 4) is 0 Å². The number of benzene rings is 1. The summed E-state index contributed by atoms with van der Waals surface area (Å²) in [4.78, 5) is 31.3. The molecular formula is C21H18N2O5. The summed E-state index contributed by atoms with van der Waals surface area (Å²) in [5, 5.41) is 11.3. The Hall–Kier alpha value is -3.45. The van der Waals surface area contributed by atoms with Crippen molar-refractivity contribution in [2.75, 3.05) is 20.3 Å². The van der Waals surface area contributed by atoms with Gasteiger partial charge in [-0.15, -0.1) is 0 Å². The summed E-state index contributed by atoms with van der Waals surface area (Å²) >= 11 is 0. The van der Waals surface area contributed by atoms with Crippen LogP contribution in [0.3, 0.4) is 0 Å². The Balaban J connectivity index is 1.79. The van der Waals surface area contributed by atoms with E-state index < -0.39 is 23.5 Å². The molecule has 1 aromatic carbocycles. The second kappa shape index (κ2) is 7.28. The average molecular weight is 378 g/mol. The van der Waals surface area contributed by atoms with E-state index in [1.165, 1.54) is 12.0 Å². The van der Waals surface area contributed by atoms with Gasteiger partial charge >= 0.3 is 0 Å². The van der Waals surface area contributed by atoms with Crippen molar-refractivity contribution in [2.24, 2.45) is 0 Å². The maximum atomic E-state index is 13.2.